The molecule has 6 aliphatic carbocycles. The van der Waals surface area contributed by atoms with Crippen molar-refractivity contribution in [2.24, 2.45) is 47.3 Å². The van der Waals surface area contributed by atoms with Crippen LogP contribution in [-0.4, -0.2) is 24.5 Å². The highest BCUT2D eigenvalue weighted by Crippen LogP contribution is 2.51. The molecule has 8 atom stereocenters. The average molecular weight is 504 g/mol. The molecule has 0 bridgehead atoms. The number of hydrogen-bond acceptors (Lipinski definition) is 5. The van der Waals surface area contributed by atoms with Crippen molar-refractivity contribution < 1.29 is 24.2 Å². The van der Waals surface area contributed by atoms with Gasteiger partial charge in [0.2, 0.25) is 0 Å². The molecule has 5 heteroatoms. The van der Waals surface area contributed by atoms with Gasteiger partial charge in [-0.05, 0) is 79.6 Å². The van der Waals surface area contributed by atoms with Crippen LogP contribution in [0.1, 0.15) is 77.0 Å². The summed E-state index contributed by atoms with van der Waals surface area (Å²) in [5.41, 5.74) is 0.566. The van der Waals surface area contributed by atoms with Crippen molar-refractivity contribution in [1.29, 1.82) is 0 Å². The molecule has 0 aromatic heterocycles. The van der Waals surface area contributed by atoms with E-state index in [4.69, 9.17) is 4.74 Å². The van der Waals surface area contributed by atoms with Crippen LogP contribution in [0.3, 0.4) is 0 Å². The average Bonchev–Trinajstić information content (AvgIpc) is 3.29. The van der Waals surface area contributed by atoms with Crippen LogP contribution in [0.15, 0.2) is 47.0 Å². The first-order valence-corrected chi connectivity index (χ1v) is 14.6. The first kappa shape index (κ1) is 24.9. The molecule has 6 rings (SSSR count). The van der Waals surface area contributed by atoms with Gasteiger partial charge in [0.25, 0.3) is 0 Å². The van der Waals surface area contributed by atoms with Gasteiger partial charge in [-0.25, -0.2) is 0 Å². The second-order valence-electron chi connectivity index (χ2n) is 12.5. The van der Waals surface area contributed by atoms with Gasteiger partial charge in [-0.3, -0.25) is 14.4 Å². The quantitative estimate of drug-likeness (QED) is 0.233. The van der Waals surface area contributed by atoms with Crippen LogP contribution in [0.4, 0.5) is 0 Å². The van der Waals surface area contributed by atoms with E-state index >= 15 is 0 Å². The third-order valence-corrected chi connectivity index (χ3v) is 10.8. The van der Waals surface area contributed by atoms with Crippen LogP contribution in [0.5, 0.6) is 0 Å². The van der Waals surface area contributed by atoms with E-state index in [1.54, 1.807) is 24.3 Å². The van der Waals surface area contributed by atoms with Crippen molar-refractivity contribution in [3.05, 3.63) is 47.0 Å². The third-order valence-electron chi connectivity index (χ3n) is 10.8. The van der Waals surface area contributed by atoms with Gasteiger partial charge >= 0.3 is 0 Å². The molecule has 0 amide bonds. The highest BCUT2D eigenvalue weighted by molar-refractivity contribution is 6.27. The maximum absolute atomic E-state index is 13.2. The Morgan fingerprint density at radius 2 is 1.19 bits per heavy atom. The molecule has 0 aliphatic heterocycles. The lowest BCUT2D eigenvalue weighted by molar-refractivity contribution is -0.318. The Bertz CT molecular complexity index is 1070. The number of ether oxygens (including phenoxy) is 1. The molecular formula is C32H39O5-. The summed E-state index contributed by atoms with van der Waals surface area (Å²) in [6.45, 7) is 0. The first-order chi connectivity index (χ1) is 18.0. The van der Waals surface area contributed by atoms with Crippen LogP contribution < -0.4 is 5.11 Å². The molecule has 0 spiro atoms. The minimum atomic E-state index is -0.163. The molecule has 0 N–H and O–H groups in total. The molecule has 5 nitrogen and oxygen atoms in total. The fourth-order valence-corrected chi connectivity index (χ4v) is 8.82. The van der Waals surface area contributed by atoms with E-state index in [1.807, 2.05) is 0 Å². The largest absolute Gasteiger partial charge is 0.875 e. The van der Waals surface area contributed by atoms with E-state index < -0.39 is 0 Å². The topological polar surface area (TPSA) is 83.5 Å². The number of rotatable bonds is 4. The molecule has 5 fully saturated rings. The van der Waals surface area contributed by atoms with Gasteiger partial charge in [0, 0.05) is 23.3 Å². The number of Topliss-reactive ketones (excluding diaryl/α,β-unsaturated/α-hetero) is 3. The standard InChI is InChI=1S/C32H40O5/c1-37-22(10-12-23-29(33)25-14-18-6-2-3-7-19(18)15-26(25)30(23)34)11-13-24-31(35)27-16-20-8-4-5-9-21(20)17-28(27)32(24)36/h10-13,18-21,25-28,33H,2-9,14-17H2,1H3/p-1. The number of hydrogen-bond donors (Lipinski definition) is 0. The summed E-state index contributed by atoms with van der Waals surface area (Å²) in [5.74, 6) is 2.06. The summed E-state index contributed by atoms with van der Waals surface area (Å²) in [5, 5.41) is 13.2. The Hall–Kier alpha value is -2.43. The maximum Gasteiger partial charge on any atom is 0.170 e. The van der Waals surface area contributed by atoms with Crippen LogP contribution >= 0.6 is 0 Å². The summed E-state index contributed by atoms with van der Waals surface area (Å²) in [7, 11) is 1.52. The van der Waals surface area contributed by atoms with Crippen LogP contribution in [-0.2, 0) is 19.1 Å². The van der Waals surface area contributed by atoms with Crippen LogP contribution in [0.25, 0.3) is 0 Å². The number of methoxy groups -OCH3 is 1. The van der Waals surface area contributed by atoms with Crippen LogP contribution in [0, 0.1) is 47.3 Å². The van der Waals surface area contributed by atoms with Crippen LogP contribution in [0.2, 0.25) is 0 Å². The minimum Gasteiger partial charge on any atom is -0.875 e. The smallest absolute Gasteiger partial charge is 0.170 e. The number of allylic oxidation sites excluding steroid dienone is 7. The molecule has 0 aromatic carbocycles. The number of carbonyl (C=O) groups excluding carboxylic acids is 3. The lowest BCUT2D eigenvalue weighted by Gasteiger charge is -2.42. The molecule has 8 unspecified atom stereocenters. The van der Waals surface area contributed by atoms with Gasteiger partial charge in [0.1, 0.15) is 5.76 Å². The molecule has 6 aliphatic rings. The molecule has 0 aromatic rings. The minimum absolute atomic E-state index is 0.0178. The van der Waals surface area contributed by atoms with E-state index in [0.29, 0.717) is 29.4 Å². The van der Waals surface area contributed by atoms with Gasteiger partial charge < -0.3 is 9.84 Å². The fourth-order valence-electron chi connectivity index (χ4n) is 8.82. The lowest BCUT2D eigenvalue weighted by atomic mass is 9.64. The molecule has 0 saturated heterocycles. The van der Waals surface area contributed by atoms with Gasteiger partial charge in [-0.15, -0.1) is 5.76 Å². The molecular weight excluding hydrogens is 464 g/mol. The number of ketones is 3. The second-order valence-corrected chi connectivity index (χ2v) is 12.5. The van der Waals surface area contributed by atoms with Crippen molar-refractivity contribution in [2.45, 2.75) is 77.0 Å². The maximum atomic E-state index is 13.2. The predicted molar refractivity (Wildman–Crippen MR) is 138 cm³/mol. The summed E-state index contributed by atoms with van der Waals surface area (Å²) >= 11 is 0. The van der Waals surface area contributed by atoms with Gasteiger partial charge in [0.15, 0.2) is 17.3 Å². The molecule has 0 radical (unpaired) electrons. The lowest BCUT2D eigenvalue weighted by Crippen LogP contribution is -2.36. The monoisotopic (exact) mass is 503 g/mol. The van der Waals surface area contributed by atoms with Crippen molar-refractivity contribution in [3.8, 4) is 0 Å². The molecule has 198 valence electrons. The summed E-state index contributed by atoms with van der Waals surface area (Å²) in [4.78, 5) is 39.5. The Labute approximate surface area is 220 Å². The van der Waals surface area contributed by atoms with E-state index in [-0.39, 0.29) is 57.9 Å². The summed E-state index contributed by atoms with van der Waals surface area (Å²) < 4.78 is 5.47. The van der Waals surface area contributed by atoms with Gasteiger partial charge in [-0.2, -0.15) is 0 Å². The molecule has 5 saturated carbocycles. The fraction of sp³-hybridized carbons (Fsp3) is 0.656. The van der Waals surface area contributed by atoms with Crippen molar-refractivity contribution >= 4 is 17.3 Å². The Kier molecular flexibility index (Phi) is 6.75. The van der Waals surface area contributed by atoms with E-state index in [1.165, 1.54) is 58.5 Å². The predicted octanol–water partition coefficient (Wildman–Crippen LogP) is 5.01. The number of carbonyl (C=O) groups is 3. The van der Waals surface area contributed by atoms with Gasteiger partial charge in [-0.1, -0.05) is 51.4 Å². The SMILES string of the molecule is COC(C=CC1=C([O-])C2CC3CCCCC3CC2C1=O)=CC=C1C(=O)C2CC3CCCCC3CC2C1=O. The Morgan fingerprint density at radius 3 is 1.68 bits per heavy atom. The number of fused-ring (bicyclic) bond motifs is 4. The highest BCUT2D eigenvalue weighted by atomic mass is 16.5. The zero-order valence-electron chi connectivity index (χ0n) is 22.0. The zero-order chi connectivity index (χ0) is 25.7. The summed E-state index contributed by atoms with van der Waals surface area (Å²) in [6, 6.07) is 0. The molecule has 0 heterocycles. The third kappa shape index (κ3) is 4.36. The van der Waals surface area contributed by atoms with Crippen molar-refractivity contribution in [3.63, 3.8) is 0 Å². The second kappa shape index (κ2) is 10.0. The zero-order valence-corrected chi connectivity index (χ0v) is 22.0. The van der Waals surface area contributed by atoms with E-state index in [0.717, 1.165) is 25.7 Å². The van der Waals surface area contributed by atoms with Crippen molar-refractivity contribution in [1.82, 2.24) is 0 Å². The Morgan fingerprint density at radius 1 is 0.730 bits per heavy atom. The summed E-state index contributed by atoms with van der Waals surface area (Å²) in [6.07, 6.45) is 19.6. The van der Waals surface area contributed by atoms with Crippen molar-refractivity contribution in [2.75, 3.05) is 7.11 Å². The van der Waals surface area contributed by atoms with Gasteiger partial charge in [0.05, 0.1) is 12.7 Å². The highest BCUT2D eigenvalue weighted by Gasteiger charge is 2.51. The van der Waals surface area contributed by atoms with E-state index in [9.17, 15) is 19.5 Å². The van der Waals surface area contributed by atoms with E-state index in [2.05, 4.69) is 0 Å². The first-order valence-electron chi connectivity index (χ1n) is 14.6. The molecule has 37 heavy (non-hydrogen) atoms. The normalized spacial score (nSPS) is 40.0. The Balaban J connectivity index is 1.18.